The highest BCUT2D eigenvalue weighted by atomic mass is 19.4. The fourth-order valence-corrected chi connectivity index (χ4v) is 3.94. The number of hydrogen-bond acceptors (Lipinski definition) is 5. The highest BCUT2D eigenvalue weighted by Crippen LogP contribution is 2.34. The van der Waals surface area contributed by atoms with Gasteiger partial charge in [-0.2, -0.15) is 13.2 Å². The van der Waals surface area contributed by atoms with Crippen LogP contribution in [0, 0.1) is 0 Å². The Morgan fingerprint density at radius 1 is 1.06 bits per heavy atom. The molecule has 2 amide bonds. The largest absolute Gasteiger partial charge is 0.417 e. The lowest BCUT2D eigenvalue weighted by atomic mass is 9.94. The van der Waals surface area contributed by atoms with Gasteiger partial charge in [-0.3, -0.25) is 14.9 Å². The number of carbonyl (C=O) groups is 1. The Bertz CT molecular complexity index is 1120. The van der Waals surface area contributed by atoms with Crippen LogP contribution in [0.4, 0.5) is 35.2 Å². The van der Waals surface area contributed by atoms with Crippen molar-refractivity contribution in [1.29, 1.82) is 0 Å². The lowest BCUT2D eigenvalue weighted by Gasteiger charge is -2.34. The average Bonchev–Trinajstić information content (AvgIpc) is 2.81. The summed E-state index contributed by atoms with van der Waals surface area (Å²) in [5, 5.41) is 2.82. The minimum Gasteiger partial charge on any atom is -0.396 e. The molecule has 1 fully saturated rings. The first kappa shape index (κ1) is 22.5. The van der Waals surface area contributed by atoms with E-state index in [2.05, 4.69) is 20.3 Å². The van der Waals surface area contributed by atoms with Gasteiger partial charge in [0.05, 0.1) is 28.8 Å². The zero-order chi connectivity index (χ0) is 23.4. The van der Waals surface area contributed by atoms with Gasteiger partial charge in [0.15, 0.2) is 5.82 Å². The highest BCUT2D eigenvalue weighted by molar-refractivity contribution is 6.03. The molecule has 0 radical (unpaired) electrons. The van der Waals surface area contributed by atoms with E-state index in [4.69, 9.17) is 5.73 Å². The van der Waals surface area contributed by atoms with Crippen LogP contribution in [0.1, 0.15) is 37.7 Å². The van der Waals surface area contributed by atoms with Crippen molar-refractivity contribution in [3.8, 4) is 11.3 Å². The van der Waals surface area contributed by atoms with E-state index in [-0.39, 0.29) is 28.8 Å². The fraction of sp³-hybridized carbons (Fsp3) is 0.304. The standard InChI is InChI=1S/C23H23F3N6O/c24-23(25,26)16-11-15(12-29-13-16)20-9-8-19(27)21(31-20)32(18-6-2-1-3-7-18)22(33)30-17-5-4-10-28-14-17/h4-5,8-14,18H,1-3,6-7,27H2,(H,30,33). The zero-order valence-electron chi connectivity index (χ0n) is 17.7. The number of urea groups is 1. The van der Waals surface area contributed by atoms with E-state index >= 15 is 0 Å². The number of anilines is 3. The topological polar surface area (TPSA) is 97.0 Å². The van der Waals surface area contributed by atoms with Crippen LogP contribution in [0.15, 0.2) is 55.1 Å². The van der Waals surface area contributed by atoms with E-state index in [1.54, 1.807) is 24.4 Å². The number of nitrogens with zero attached hydrogens (tertiary/aromatic N) is 4. The molecule has 33 heavy (non-hydrogen) atoms. The summed E-state index contributed by atoms with van der Waals surface area (Å²) < 4.78 is 39.5. The van der Waals surface area contributed by atoms with Gasteiger partial charge in [0.2, 0.25) is 0 Å². The molecule has 1 saturated carbocycles. The highest BCUT2D eigenvalue weighted by Gasteiger charge is 2.32. The maximum atomic E-state index is 13.3. The van der Waals surface area contributed by atoms with E-state index in [1.807, 2.05) is 0 Å². The number of halogens is 3. The molecule has 3 aromatic rings. The van der Waals surface area contributed by atoms with Crippen LogP contribution in [-0.4, -0.2) is 27.0 Å². The third-order valence-corrected chi connectivity index (χ3v) is 5.57. The molecule has 7 nitrogen and oxygen atoms in total. The molecule has 1 aliphatic carbocycles. The smallest absolute Gasteiger partial charge is 0.396 e. The molecule has 1 aliphatic rings. The quantitative estimate of drug-likeness (QED) is 0.540. The Kier molecular flexibility index (Phi) is 6.43. The van der Waals surface area contributed by atoms with Gasteiger partial charge in [0.25, 0.3) is 0 Å². The monoisotopic (exact) mass is 456 g/mol. The molecule has 3 aromatic heterocycles. The first-order valence-corrected chi connectivity index (χ1v) is 10.6. The number of hydrogen-bond donors (Lipinski definition) is 2. The molecule has 4 rings (SSSR count). The number of nitrogen functional groups attached to an aromatic ring is 1. The molecule has 172 valence electrons. The van der Waals surface area contributed by atoms with Crippen LogP contribution in [0.5, 0.6) is 0 Å². The summed E-state index contributed by atoms with van der Waals surface area (Å²) in [5.74, 6) is 0.207. The van der Waals surface area contributed by atoms with Gasteiger partial charge in [0.1, 0.15) is 0 Å². The lowest BCUT2D eigenvalue weighted by molar-refractivity contribution is -0.137. The SMILES string of the molecule is Nc1ccc(-c2cncc(C(F)(F)F)c2)nc1N(C(=O)Nc1cccnc1)C1CCCCC1. The summed E-state index contributed by atoms with van der Waals surface area (Å²) in [6.07, 6.45) is 5.20. The Morgan fingerprint density at radius 2 is 1.85 bits per heavy atom. The van der Waals surface area contributed by atoms with Crippen molar-refractivity contribution in [2.75, 3.05) is 16.0 Å². The molecule has 0 saturated heterocycles. The van der Waals surface area contributed by atoms with Crippen molar-refractivity contribution >= 4 is 23.2 Å². The van der Waals surface area contributed by atoms with Gasteiger partial charge < -0.3 is 11.1 Å². The minimum absolute atomic E-state index is 0.139. The molecule has 0 aliphatic heterocycles. The molecule has 0 unspecified atom stereocenters. The van der Waals surface area contributed by atoms with Crippen molar-refractivity contribution in [2.45, 2.75) is 44.3 Å². The second kappa shape index (κ2) is 9.43. The van der Waals surface area contributed by atoms with Crippen LogP contribution in [0.25, 0.3) is 11.3 Å². The van der Waals surface area contributed by atoms with Gasteiger partial charge in [0, 0.05) is 30.2 Å². The van der Waals surface area contributed by atoms with Gasteiger partial charge in [-0.15, -0.1) is 0 Å². The number of aromatic nitrogens is 3. The molecule has 3 N–H and O–H groups in total. The third-order valence-electron chi connectivity index (χ3n) is 5.57. The van der Waals surface area contributed by atoms with Crippen molar-refractivity contribution in [3.05, 3.63) is 60.7 Å². The average molecular weight is 456 g/mol. The van der Waals surface area contributed by atoms with E-state index in [1.165, 1.54) is 23.4 Å². The van der Waals surface area contributed by atoms with Gasteiger partial charge in [-0.05, 0) is 43.2 Å². The fourth-order valence-electron chi connectivity index (χ4n) is 3.94. The number of rotatable bonds is 4. The maximum Gasteiger partial charge on any atom is 0.417 e. The minimum atomic E-state index is -4.53. The van der Waals surface area contributed by atoms with Crippen LogP contribution < -0.4 is 16.0 Å². The molecule has 3 heterocycles. The second-order valence-corrected chi connectivity index (χ2v) is 7.90. The Hall–Kier alpha value is -3.69. The number of carbonyl (C=O) groups excluding carboxylic acids is 1. The predicted octanol–water partition coefficient (Wildman–Crippen LogP) is 5.51. The third kappa shape index (κ3) is 5.21. The summed E-state index contributed by atoms with van der Waals surface area (Å²) in [6, 6.07) is 6.91. The molecular weight excluding hydrogens is 433 g/mol. The van der Waals surface area contributed by atoms with Crippen LogP contribution in [0.3, 0.4) is 0 Å². The summed E-state index contributed by atoms with van der Waals surface area (Å²) in [5.41, 5.74) is 6.53. The number of nitrogens with two attached hydrogens (primary N) is 1. The van der Waals surface area contributed by atoms with Crippen LogP contribution in [0.2, 0.25) is 0 Å². The van der Waals surface area contributed by atoms with Crippen molar-refractivity contribution in [1.82, 2.24) is 15.0 Å². The van der Waals surface area contributed by atoms with Crippen LogP contribution in [-0.2, 0) is 6.18 Å². The first-order valence-electron chi connectivity index (χ1n) is 10.6. The van der Waals surface area contributed by atoms with Crippen molar-refractivity contribution in [3.63, 3.8) is 0 Å². The number of alkyl halides is 3. The summed E-state index contributed by atoms with van der Waals surface area (Å²) >= 11 is 0. The maximum absolute atomic E-state index is 13.3. The summed E-state index contributed by atoms with van der Waals surface area (Å²) in [6.45, 7) is 0. The van der Waals surface area contributed by atoms with E-state index in [0.29, 0.717) is 5.69 Å². The molecule has 0 atom stereocenters. The van der Waals surface area contributed by atoms with E-state index in [0.717, 1.165) is 44.4 Å². The van der Waals surface area contributed by atoms with Crippen molar-refractivity contribution in [2.24, 2.45) is 0 Å². The lowest BCUT2D eigenvalue weighted by Crippen LogP contribution is -2.45. The van der Waals surface area contributed by atoms with Gasteiger partial charge in [-0.1, -0.05) is 19.3 Å². The van der Waals surface area contributed by atoms with E-state index in [9.17, 15) is 18.0 Å². The molecule has 0 spiro atoms. The molecule has 10 heteroatoms. The number of amides is 2. The number of pyridine rings is 3. The van der Waals surface area contributed by atoms with Gasteiger partial charge in [-0.25, -0.2) is 9.78 Å². The Balaban J connectivity index is 1.73. The second-order valence-electron chi connectivity index (χ2n) is 7.90. The zero-order valence-corrected chi connectivity index (χ0v) is 17.7. The molecular formula is C23H23F3N6O. The van der Waals surface area contributed by atoms with Crippen molar-refractivity contribution < 1.29 is 18.0 Å². The Labute approximate surface area is 188 Å². The predicted molar refractivity (Wildman–Crippen MR) is 119 cm³/mol. The van der Waals surface area contributed by atoms with Gasteiger partial charge >= 0.3 is 12.2 Å². The van der Waals surface area contributed by atoms with Crippen LogP contribution >= 0.6 is 0 Å². The normalized spacial score (nSPS) is 14.6. The van der Waals surface area contributed by atoms with E-state index < -0.39 is 17.8 Å². The first-order chi connectivity index (χ1) is 15.8. The Morgan fingerprint density at radius 3 is 2.55 bits per heavy atom. The summed E-state index contributed by atoms with van der Waals surface area (Å²) in [4.78, 5) is 27.1. The summed E-state index contributed by atoms with van der Waals surface area (Å²) in [7, 11) is 0. The molecule has 0 bridgehead atoms. The number of nitrogens with one attached hydrogen (secondary N) is 1. The molecule has 0 aromatic carbocycles.